The smallest absolute Gasteiger partial charge is 0.238 e. The summed E-state index contributed by atoms with van der Waals surface area (Å²) in [6.07, 6.45) is 3.55. The molecular weight excluding hydrogens is 276 g/mol. The third-order valence-corrected chi connectivity index (χ3v) is 4.55. The van der Waals surface area contributed by atoms with E-state index in [4.69, 9.17) is 22.1 Å². The standard InChI is InChI=1S/C15H19ClN2O2/c16-12-4-3-10-7-15(14(17)19,8-11(10)6-12)18-9-13-2-1-5-20-13/h3-4,6,13,18H,1-2,5,7-9H2,(H2,17,19). The number of benzene rings is 1. The van der Waals surface area contributed by atoms with E-state index >= 15 is 0 Å². The molecule has 0 aromatic heterocycles. The SMILES string of the molecule is NC(=O)C1(NCC2CCCO2)Cc2ccc(Cl)cc2C1. The summed E-state index contributed by atoms with van der Waals surface area (Å²) in [5.41, 5.74) is 7.22. The Hall–Kier alpha value is -1.10. The van der Waals surface area contributed by atoms with Crippen molar-refractivity contribution in [2.45, 2.75) is 37.3 Å². The summed E-state index contributed by atoms with van der Waals surface area (Å²) in [4.78, 5) is 12.0. The topological polar surface area (TPSA) is 64.4 Å². The first-order valence-corrected chi connectivity index (χ1v) is 7.41. The summed E-state index contributed by atoms with van der Waals surface area (Å²) in [5.74, 6) is -0.303. The number of hydrogen-bond donors (Lipinski definition) is 2. The minimum absolute atomic E-state index is 0.193. The predicted octanol–water partition coefficient (Wildman–Crippen LogP) is 1.43. The van der Waals surface area contributed by atoms with Crippen LogP contribution in [0.5, 0.6) is 0 Å². The van der Waals surface area contributed by atoms with Crippen LogP contribution in [0.15, 0.2) is 18.2 Å². The van der Waals surface area contributed by atoms with E-state index in [1.165, 1.54) is 0 Å². The largest absolute Gasteiger partial charge is 0.377 e. The maximum absolute atomic E-state index is 12.0. The second-order valence-corrected chi connectivity index (χ2v) is 6.17. The van der Waals surface area contributed by atoms with Gasteiger partial charge in [-0.2, -0.15) is 0 Å². The molecule has 1 amide bonds. The van der Waals surface area contributed by atoms with Crippen LogP contribution < -0.4 is 11.1 Å². The lowest BCUT2D eigenvalue weighted by atomic mass is 9.94. The Labute approximate surface area is 123 Å². The molecule has 2 aliphatic rings. The zero-order chi connectivity index (χ0) is 14.2. The van der Waals surface area contributed by atoms with Gasteiger partial charge in [0.1, 0.15) is 5.54 Å². The Morgan fingerprint density at radius 3 is 2.95 bits per heavy atom. The number of nitrogens with two attached hydrogens (primary N) is 1. The average Bonchev–Trinajstić information content (AvgIpc) is 3.03. The molecule has 20 heavy (non-hydrogen) atoms. The lowest BCUT2D eigenvalue weighted by Crippen LogP contribution is -2.58. The summed E-state index contributed by atoms with van der Waals surface area (Å²) in [7, 11) is 0. The zero-order valence-corrected chi connectivity index (χ0v) is 12.1. The number of rotatable bonds is 4. The molecule has 3 rings (SSSR count). The molecule has 0 radical (unpaired) electrons. The molecule has 0 spiro atoms. The maximum Gasteiger partial charge on any atom is 0.238 e. The van der Waals surface area contributed by atoms with E-state index in [1.54, 1.807) is 0 Å². The van der Waals surface area contributed by atoms with Crippen LogP contribution >= 0.6 is 11.6 Å². The van der Waals surface area contributed by atoms with Crippen LogP contribution in [0.3, 0.4) is 0 Å². The van der Waals surface area contributed by atoms with E-state index < -0.39 is 5.54 Å². The van der Waals surface area contributed by atoms with Gasteiger partial charge >= 0.3 is 0 Å². The summed E-state index contributed by atoms with van der Waals surface area (Å²) in [6, 6.07) is 5.77. The van der Waals surface area contributed by atoms with E-state index in [9.17, 15) is 4.79 Å². The van der Waals surface area contributed by atoms with Gasteiger partial charge in [-0.25, -0.2) is 0 Å². The summed E-state index contributed by atoms with van der Waals surface area (Å²) in [6.45, 7) is 1.48. The van der Waals surface area contributed by atoms with Gasteiger partial charge in [-0.15, -0.1) is 0 Å². The first-order valence-electron chi connectivity index (χ1n) is 7.03. The number of halogens is 1. The first kappa shape index (κ1) is 13.9. The van der Waals surface area contributed by atoms with Gasteiger partial charge in [0.05, 0.1) is 6.10 Å². The third kappa shape index (κ3) is 2.55. The molecule has 1 aromatic carbocycles. The quantitative estimate of drug-likeness (QED) is 0.883. The highest BCUT2D eigenvalue weighted by Crippen LogP contribution is 2.32. The number of primary amides is 1. The fourth-order valence-corrected chi connectivity index (χ4v) is 3.34. The van der Waals surface area contributed by atoms with Gasteiger partial charge in [0.2, 0.25) is 5.91 Å². The molecule has 3 N–H and O–H groups in total. The molecule has 108 valence electrons. The summed E-state index contributed by atoms with van der Waals surface area (Å²) >= 11 is 6.02. The molecule has 2 atom stereocenters. The maximum atomic E-state index is 12.0. The second-order valence-electron chi connectivity index (χ2n) is 5.73. The van der Waals surface area contributed by atoms with E-state index in [2.05, 4.69) is 5.32 Å². The average molecular weight is 295 g/mol. The van der Waals surface area contributed by atoms with Crippen LogP contribution in [0.4, 0.5) is 0 Å². The van der Waals surface area contributed by atoms with Crippen LogP contribution in [0.2, 0.25) is 5.02 Å². The van der Waals surface area contributed by atoms with Crippen LogP contribution in [-0.4, -0.2) is 30.7 Å². The van der Waals surface area contributed by atoms with Crippen molar-refractivity contribution in [2.24, 2.45) is 5.73 Å². The lowest BCUT2D eigenvalue weighted by molar-refractivity contribution is -0.124. The van der Waals surface area contributed by atoms with Crippen molar-refractivity contribution < 1.29 is 9.53 Å². The van der Waals surface area contributed by atoms with Crippen molar-refractivity contribution in [1.29, 1.82) is 0 Å². The predicted molar refractivity (Wildman–Crippen MR) is 77.8 cm³/mol. The molecular formula is C15H19ClN2O2. The minimum atomic E-state index is -0.695. The number of hydrogen-bond acceptors (Lipinski definition) is 3. The number of amides is 1. The van der Waals surface area contributed by atoms with E-state index in [-0.39, 0.29) is 12.0 Å². The lowest BCUT2D eigenvalue weighted by Gasteiger charge is -2.28. The monoisotopic (exact) mass is 294 g/mol. The molecule has 1 aliphatic heterocycles. The Kier molecular flexibility index (Phi) is 3.71. The van der Waals surface area contributed by atoms with Crippen LogP contribution in [0.1, 0.15) is 24.0 Å². The molecule has 1 heterocycles. The van der Waals surface area contributed by atoms with E-state index in [0.717, 1.165) is 30.6 Å². The van der Waals surface area contributed by atoms with Gasteiger partial charge in [-0.1, -0.05) is 17.7 Å². The number of carbonyl (C=O) groups is 1. The van der Waals surface area contributed by atoms with Crippen molar-refractivity contribution in [2.75, 3.05) is 13.2 Å². The number of fused-ring (bicyclic) bond motifs is 1. The van der Waals surface area contributed by atoms with Crippen LogP contribution in [-0.2, 0) is 22.4 Å². The molecule has 0 saturated carbocycles. The normalized spacial score (nSPS) is 28.6. The van der Waals surface area contributed by atoms with Gasteiger partial charge in [0.25, 0.3) is 0 Å². The van der Waals surface area contributed by atoms with Gasteiger partial charge in [-0.05, 0) is 36.1 Å². The summed E-state index contributed by atoms with van der Waals surface area (Å²) in [5, 5.41) is 4.06. The molecule has 0 bridgehead atoms. The van der Waals surface area contributed by atoms with E-state index in [1.807, 2.05) is 18.2 Å². The van der Waals surface area contributed by atoms with Crippen molar-refractivity contribution in [1.82, 2.24) is 5.32 Å². The minimum Gasteiger partial charge on any atom is -0.377 e. The Balaban J connectivity index is 1.75. The van der Waals surface area contributed by atoms with Gasteiger partial charge < -0.3 is 15.8 Å². The molecule has 1 aromatic rings. The Morgan fingerprint density at radius 1 is 1.45 bits per heavy atom. The number of carbonyl (C=O) groups excluding carboxylic acids is 1. The van der Waals surface area contributed by atoms with Crippen molar-refractivity contribution >= 4 is 17.5 Å². The highest BCUT2D eigenvalue weighted by molar-refractivity contribution is 6.30. The van der Waals surface area contributed by atoms with Gasteiger partial charge in [-0.3, -0.25) is 4.79 Å². The van der Waals surface area contributed by atoms with Crippen molar-refractivity contribution in [3.8, 4) is 0 Å². The van der Waals surface area contributed by atoms with Crippen LogP contribution in [0, 0.1) is 0 Å². The Bertz CT molecular complexity index is 529. The highest BCUT2D eigenvalue weighted by Gasteiger charge is 2.42. The van der Waals surface area contributed by atoms with E-state index in [0.29, 0.717) is 24.4 Å². The Morgan fingerprint density at radius 2 is 2.25 bits per heavy atom. The molecule has 1 aliphatic carbocycles. The van der Waals surface area contributed by atoms with Crippen molar-refractivity contribution in [3.05, 3.63) is 34.3 Å². The molecule has 1 saturated heterocycles. The fourth-order valence-electron chi connectivity index (χ4n) is 3.15. The zero-order valence-electron chi connectivity index (χ0n) is 11.3. The van der Waals surface area contributed by atoms with Gasteiger partial charge in [0.15, 0.2) is 0 Å². The van der Waals surface area contributed by atoms with Crippen molar-refractivity contribution in [3.63, 3.8) is 0 Å². The highest BCUT2D eigenvalue weighted by atomic mass is 35.5. The molecule has 4 nitrogen and oxygen atoms in total. The van der Waals surface area contributed by atoms with Gasteiger partial charge in [0, 0.05) is 31.0 Å². The number of ether oxygens (including phenoxy) is 1. The number of nitrogens with one attached hydrogen (secondary N) is 1. The first-order chi connectivity index (χ1) is 9.59. The van der Waals surface area contributed by atoms with Crippen LogP contribution in [0.25, 0.3) is 0 Å². The summed E-state index contributed by atoms with van der Waals surface area (Å²) < 4.78 is 5.60. The fraction of sp³-hybridized carbons (Fsp3) is 0.533. The molecule has 2 unspecified atom stereocenters. The third-order valence-electron chi connectivity index (χ3n) is 4.32. The second kappa shape index (κ2) is 5.35. The molecule has 5 heteroatoms. The molecule has 1 fully saturated rings.